The Morgan fingerprint density at radius 2 is 1.53 bits per heavy atom. The van der Waals surface area contributed by atoms with Gasteiger partial charge >= 0.3 is 6.18 Å². The third kappa shape index (κ3) is 3.83. The fraction of sp³-hybridized carbons (Fsp3) is 0.0385. The Balaban J connectivity index is 1.73. The molecule has 0 amide bonds. The lowest BCUT2D eigenvalue weighted by Gasteiger charge is -2.09. The lowest BCUT2D eigenvalue weighted by Crippen LogP contribution is -2.11. The van der Waals surface area contributed by atoms with Crippen LogP contribution in [0.5, 0.6) is 0 Å². The molecule has 0 saturated heterocycles. The monoisotopic (exact) mass is 461 g/mol. The molecule has 0 aliphatic carbocycles. The summed E-state index contributed by atoms with van der Waals surface area (Å²) in [5.74, 6) is -1.01. The second-order valence-corrected chi connectivity index (χ2v) is 7.58. The van der Waals surface area contributed by atoms with Crippen molar-refractivity contribution in [2.75, 3.05) is 0 Å². The van der Waals surface area contributed by atoms with E-state index in [0.29, 0.717) is 22.3 Å². The van der Waals surface area contributed by atoms with E-state index in [1.165, 1.54) is 34.8 Å². The molecule has 0 N–H and O–H groups in total. The minimum Gasteiger partial charge on any atom is -0.287 e. The van der Waals surface area contributed by atoms with Crippen LogP contribution in [0.3, 0.4) is 0 Å². The molecular weight excluding hydrogens is 446 g/mol. The quantitative estimate of drug-likeness (QED) is 0.228. The van der Waals surface area contributed by atoms with Crippen LogP contribution in [-0.2, 0) is 6.18 Å². The van der Waals surface area contributed by atoms with E-state index >= 15 is 0 Å². The van der Waals surface area contributed by atoms with Crippen molar-refractivity contribution < 1.29 is 22.4 Å². The summed E-state index contributed by atoms with van der Waals surface area (Å²) < 4.78 is 54.5. The first-order chi connectivity index (χ1) is 16.3. The fourth-order valence-electron chi connectivity index (χ4n) is 3.84. The van der Waals surface area contributed by atoms with Crippen molar-refractivity contribution >= 4 is 11.3 Å². The minimum atomic E-state index is -4.57. The Morgan fingerprint density at radius 1 is 0.824 bits per heavy atom. The van der Waals surface area contributed by atoms with Gasteiger partial charge in [0.25, 0.3) is 0 Å². The summed E-state index contributed by atoms with van der Waals surface area (Å²) in [7, 11) is 0. The Labute approximate surface area is 191 Å². The molecule has 0 unspecified atom stereocenters. The van der Waals surface area contributed by atoms with Crippen LogP contribution >= 0.6 is 0 Å². The molecule has 0 bridgehead atoms. The second kappa shape index (κ2) is 8.22. The molecule has 168 valence electrons. The van der Waals surface area contributed by atoms with Crippen molar-refractivity contribution in [3.05, 3.63) is 114 Å². The molecule has 4 nitrogen and oxygen atoms in total. The Morgan fingerprint density at radius 3 is 2.24 bits per heavy atom. The van der Waals surface area contributed by atoms with Crippen molar-refractivity contribution in [2.24, 2.45) is 0 Å². The van der Waals surface area contributed by atoms with Crippen LogP contribution in [-0.4, -0.2) is 20.4 Å². The molecule has 0 radical (unpaired) electrons. The molecule has 34 heavy (non-hydrogen) atoms. The van der Waals surface area contributed by atoms with Gasteiger partial charge in [-0.05, 0) is 66.2 Å². The summed E-state index contributed by atoms with van der Waals surface area (Å²) in [4.78, 5) is 17.3. The molecule has 5 rings (SSSR count). The molecule has 0 fully saturated rings. The van der Waals surface area contributed by atoms with E-state index in [1.54, 1.807) is 48.8 Å². The van der Waals surface area contributed by atoms with E-state index < -0.39 is 23.3 Å². The molecule has 0 aliphatic rings. The highest BCUT2D eigenvalue weighted by Gasteiger charge is 2.31. The zero-order chi connectivity index (χ0) is 23.9. The first kappa shape index (κ1) is 21.5. The van der Waals surface area contributed by atoms with Gasteiger partial charge in [-0.3, -0.25) is 9.78 Å². The first-order valence-electron chi connectivity index (χ1n) is 10.2. The third-order valence-corrected chi connectivity index (χ3v) is 5.43. The molecule has 5 aromatic rings. The van der Waals surface area contributed by atoms with Crippen molar-refractivity contribution in [1.29, 1.82) is 0 Å². The number of fused-ring (bicyclic) bond motifs is 1. The van der Waals surface area contributed by atoms with Gasteiger partial charge in [0.1, 0.15) is 17.2 Å². The second-order valence-electron chi connectivity index (χ2n) is 7.58. The van der Waals surface area contributed by atoms with Gasteiger partial charge in [-0.2, -0.15) is 18.3 Å². The SMILES string of the molecule is O=C(c1cccc(C(F)(F)F)c1)c1cccc2c(-c3ccncc3)c(-c3ccc(F)cc3)nn12. The number of carbonyl (C=O) groups is 1. The van der Waals surface area contributed by atoms with Crippen molar-refractivity contribution in [3.8, 4) is 22.4 Å². The van der Waals surface area contributed by atoms with Crippen LogP contribution in [0.4, 0.5) is 17.6 Å². The average molecular weight is 461 g/mol. The van der Waals surface area contributed by atoms with Crippen LogP contribution in [0.1, 0.15) is 21.6 Å². The number of benzene rings is 2. The Kier molecular flexibility index (Phi) is 5.20. The van der Waals surface area contributed by atoms with Crippen molar-refractivity contribution in [2.45, 2.75) is 6.18 Å². The maximum Gasteiger partial charge on any atom is 0.416 e. The van der Waals surface area contributed by atoms with E-state index in [4.69, 9.17) is 0 Å². The van der Waals surface area contributed by atoms with E-state index in [1.807, 2.05) is 0 Å². The number of pyridine rings is 2. The lowest BCUT2D eigenvalue weighted by atomic mass is 10.00. The summed E-state index contributed by atoms with van der Waals surface area (Å²) in [6.07, 6.45) is -1.34. The van der Waals surface area contributed by atoms with Crippen LogP contribution in [0.2, 0.25) is 0 Å². The zero-order valence-electron chi connectivity index (χ0n) is 17.4. The Hall–Kier alpha value is -4.33. The molecular formula is C26H15F4N3O. The molecule has 0 atom stereocenters. The largest absolute Gasteiger partial charge is 0.416 e. The molecule has 8 heteroatoms. The maximum atomic E-state index is 13.5. The lowest BCUT2D eigenvalue weighted by molar-refractivity contribution is -0.137. The van der Waals surface area contributed by atoms with E-state index in [-0.39, 0.29) is 11.3 Å². The van der Waals surface area contributed by atoms with Gasteiger partial charge in [-0.15, -0.1) is 0 Å². The zero-order valence-corrected chi connectivity index (χ0v) is 17.4. The number of aromatic nitrogens is 3. The highest BCUT2D eigenvalue weighted by atomic mass is 19.4. The van der Waals surface area contributed by atoms with Gasteiger partial charge in [0, 0.05) is 29.1 Å². The number of nitrogens with zero attached hydrogens (tertiary/aromatic N) is 3. The number of rotatable bonds is 4. The molecule has 3 aromatic heterocycles. The van der Waals surface area contributed by atoms with Crippen LogP contribution in [0.15, 0.2) is 91.3 Å². The number of carbonyl (C=O) groups excluding carboxylic acids is 1. The van der Waals surface area contributed by atoms with Gasteiger partial charge in [0.15, 0.2) is 0 Å². The fourth-order valence-corrected chi connectivity index (χ4v) is 3.84. The number of hydrogen-bond acceptors (Lipinski definition) is 3. The Bertz CT molecular complexity index is 1510. The first-order valence-corrected chi connectivity index (χ1v) is 10.2. The average Bonchev–Trinajstić information content (AvgIpc) is 3.24. The molecule has 0 spiro atoms. The van der Waals surface area contributed by atoms with Crippen LogP contribution in [0, 0.1) is 5.82 Å². The smallest absolute Gasteiger partial charge is 0.287 e. The van der Waals surface area contributed by atoms with Gasteiger partial charge < -0.3 is 0 Å². The molecule has 0 saturated carbocycles. The predicted molar refractivity (Wildman–Crippen MR) is 119 cm³/mol. The van der Waals surface area contributed by atoms with Gasteiger partial charge in [0.05, 0.1) is 11.1 Å². The van der Waals surface area contributed by atoms with Crippen LogP contribution in [0.25, 0.3) is 27.9 Å². The van der Waals surface area contributed by atoms with Crippen LogP contribution < -0.4 is 0 Å². The summed E-state index contributed by atoms with van der Waals surface area (Å²) in [6, 6.07) is 18.5. The van der Waals surface area contributed by atoms with Gasteiger partial charge in [-0.1, -0.05) is 18.2 Å². The third-order valence-electron chi connectivity index (χ3n) is 5.43. The van der Waals surface area contributed by atoms with E-state index in [2.05, 4.69) is 10.1 Å². The minimum absolute atomic E-state index is 0.0977. The normalized spacial score (nSPS) is 11.6. The van der Waals surface area contributed by atoms with Crippen molar-refractivity contribution in [1.82, 2.24) is 14.6 Å². The highest BCUT2D eigenvalue weighted by molar-refractivity contribution is 6.09. The molecule has 3 heterocycles. The van der Waals surface area contributed by atoms with E-state index in [0.717, 1.165) is 17.7 Å². The van der Waals surface area contributed by atoms with Crippen molar-refractivity contribution in [3.63, 3.8) is 0 Å². The van der Waals surface area contributed by atoms with Gasteiger partial charge in [-0.25, -0.2) is 8.91 Å². The number of halogens is 4. The molecule has 0 aliphatic heterocycles. The van der Waals surface area contributed by atoms with E-state index in [9.17, 15) is 22.4 Å². The maximum absolute atomic E-state index is 13.5. The summed E-state index contributed by atoms with van der Waals surface area (Å²) >= 11 is 0. The predicted octanol–water partition coefficient (Wildman–Crippen LogP) is 6.45. The number of hydrogen-bond donors (Lipinski definition) is 0. The number of ketones is 1. The summed E-state index contributed by atoms with van der Waals surface area (Å²) in [5, 5.41) is 4.64. The summed E-state index contributed by atoms with van der Waals surface area (Å²) in [5.41, 5.74) is 2.23. The topological polar surface area (TPSA) is 47.3 Å². The summed E-state index contributed by atoms with van der Waals surface area (Å²) in [6.45, 7) is 0. The highest BCUT2D eigenvalue weighted by Crippen LogP contribution is 2.36. The van der Waals surface area contributed by atoms with Gasteiger partial charge in [0.2, 0.25) is 5.78 Å². The molecule has 2 aromatic carbocycles. The number of alkyl halides is 3. The standard InChI is InChI=1S/C26H15F4N3O/c27-20-9-7-17(8-10-20)24-23(16-11-13-31-14-12-16)21-5-2-6-22(33(21)32-24)25(34)18-3-1-4-19(15-18)26(28,29)30/h1-15H.